The minimum atomic E-state index is -0.352. The highest BCUT2D eigenvalue weighted by Gasteiger charge is 2.60. The predicted molar refractivity (Wildman–Crippen MR) is 87.6 cm³/mol. The van der Waals surface area contributed by atoms with E-state index in [2.05, 4.69) is 21.2 Å². The zero-order valence-electron chi connectivity index (χ0n) is 13.7. The standard InChI is InChI=1S/C17H26BrNO3/c1-15(2,3)19-13(20)9-22-14(21)16-5-11-4-12(6-16)8-17(18,7-11)10-16/h11-12H,4-10H2,1-3H3,(H,19,20). The van der Waals surface area contributed by atoms with Crippen LogP contribution in [0.4, 0.5) is 0 Å². The van der Waals surface area contributed by atoms with Crippen molar-refractivity contribution in [3.05, 3.63) is 0 Å². The summed E-state index contributed by atoms with van der Waals surface area (Å²) in [5.74, 6) is 0.891. The molecule has 2 atom stereocenters. The van der Waals surface area contributed by atoms with Gasteiger partial charge in [-0.2, -0.15) is 0 Å². The summed E-state index contributed by atoms with van der Waals surface area (Å²) >= 11 is 3.89. The first kappa shape index (κ1) is 16.3. The molecule has 4 aliphatic carbocycles. The molecule has 4 saturated carbocycles. The van der Waals surface area contributed by atoms with Gasteiger partial charge in [-0.15, -0.1) is 0 Å². The largest absolute Gasteiger partial charge is 0.455 e. The summed E-state index contributed by atoms with van der Waals surface area (Å²) < 4.78 is 5.54. The maximum absolute atomic E-state index is 12.7. The molecule has 4 bridgehead atoms. The van der Waals surface area contributed by atoms with Crippen molar-refractivity contribution in [1.29, 1.82) is 0 Å². The number of ether oxygens (including phenoxy) is 1. The Morgan fingerprint density at radius 2 is 1.77 bits per heavy atom. The lowest BCUT2D eigenvalue weighted by molar-refractivity contribution is -0.171. The molecule has 1 amide bonds. The van der Waals surface area contributed by atoms with Crippen molar-refractivity contribution in [1.82, 2.24) is 5.32 Å². The van der Waals surface area contributed by atoms with Crippen LogP contribution in [0.15, 0.2) is 0 Å². The molecule has 1 N–H and O–H groups in total. The van der Waals surface area contributed by atoms with Crippen molar-refractivity contribution in [2.24, 2.45) is 17.3 Å². The first-order valence-electron chi connectivity index (χ1n) is 8.26. The number of carbonyl (C=O) groups is 2. The van der Waals surface area contributed by atoms with E-state index in [4.69, 9.17) is 4.74 Å². The van der Waals surface area contributed by atoms with Gasteiger partial charge in [-0.05, 0) is 71.1 Å². The van der Waals surface area contributed by atoms with Gasteiger partial charge in [0.15, 0.2) is 6.61 Å². The second-order valence-electron chi connectivity index (χ2n) is 8.77. The lowest BCUT2D eigenvalue weighted by Crippen LogP contribution is -2.56. The Morgan fingerprint density at radius 1 is 1.18 bits per heavy atom. The molecule has 4 rings (SSSR count). The van der Waals surface area contributed by atoms with Crippen LogP contribution in [-0.2, 0) is 14.3 Å². The molecule has 0 aromatic carbocycles. The summed E-state index contributed by atoms with van der Waals surface area (Å²) in [6.07, 6.45) is 6.37. The van der Waals surface area contributed by atoms with Crippen LogP contribution in [0.5, 0.6) is 0 Å². The van der Waals surface area contributed by atoms with Gasteiger partial charge in [0.05, 0.1) is 5.41 Å². The van der Waals surface area contributed by atoms with E-state index in [0.29, 0.717) is 11.8 Å². The van der Waals surface area contributed by atoms with Gasteiger partial charge in [-0.1, -0.05) is 15.9 Å². The fourth-order valence-electron chi connectivity index (χ4n) is 5.13. The van der Waals surface area contributed by atoms with Crippen molar-refractivity contribution in [2.75, 3.05) is 6.61 Å². The van der Waals surface area contributed by atoms with Gasteiger partial charge in [0.25, 0.3) is 5.91 Å². The minimum Gasteiger partial charge on any atom is -0.455 e. The topological polar surface area (TPSA) is 55.4 Å². The smallest absolute Gasteiger partial charge is 0.312 e. The quantitative estimate of drug-likeness (QED) is 0.612. The van der Waals surface area contributed by atoms with E-state index in [1.165, 1.54) is 19.3 Å². The molecule has 4 fully saturated rings. The van der Waals surface area contributed by atoms with Crippen LogP contribution >= 0.6 is 15.9 Å². The van der Waals surface area contributed by atoms with Crippen LogP contribution in [0.2, 0.25) is 0 Å². The lowest BCUT2D eigenvalue weighted by Gasteiger charge is -2.58. The molecule has 0 heterocycles. The van der Waals surface area contributed by atoms with E-state index >= 15 is 0 Å². The van der Waals surface area contributed by atoms with Crippen molar-refractivity contribution >= 4 is 27.8 Å². The van der Waals surface area contributed by atoms with E-state index in [1.54, 1.807) is 0 Å². The molecular weight excluding hydrogens is 346 g/mol. The summed E-state index contributed by atoms with van der Waals surface area (Å²) in [7, 11) is 0. The molecule has 0 aliphatic heterocycles. The van der Waals surface area contributed by atoms with Crippen LogP contribution < -0.4 is 5.32 Å². The average molecular weight is 372 g/mol. The molecule has 2 unspecified atom stereocenters. The number of nitrogens with one attached hydrogen (secondary N) is 1. The second-order valence-corrected chi connectivity index (χ2v) is 10.4. The molecule has 5 heteroatoms. The monoisotopic (exact) mass is 371 g/mol. The predicted octanol–water partition coefficient (Wildman–Crippen LogP) is 3.18. The first-order valence-corrected chi connectivity index (χ1v) is 9.06. The highest BCUT2D eigenvalue weighted by atomic mass is 79.9. The summed E-state index contributed by atoms with van der Waals surface area (Å²) in [5, 5.41) is 2.83. The molecular formula is C17H26BrNO3. The van der Waals surface area contributed by atoms with Gasteiger partial charge in [0, 0.05) is 9.86 Å². The van der Waals surface area contributed by atoms with Gasteiger partial charge in [-0.3, -0.25) is 9.59 Å². The van der Waals surface area contributed by atoms with E-state index in [0.717, 1.165) is 19.3 Å². The highest BCUT2D eigenvalue weighted by Crippen LogP contribution is 2.64. The number of hydrogen-bond donors (Lipinski definition) is 1. The summed E-state index contributed by atoms with van der Waals surface area (Å²) in [4.78, 5) is 24.5. The van der Waals surface area contributed by atoms with Crippen molar-refractivity contribution < 1.29 is 14.3 Å². The number of alkyl halides is 1. The van der Waals surface area contributed by atoms with Crippen molar-refractivity contribution in [3.8, 4) is 0 Å². The van der Waals surface area contributed by atoms with E-state index in [1.807, 2.05) is 20.8 Å². The third-order valence-electron chi connectivity index (χ3n) is 5.27. The lowest BCUT2D eigenvalue weighted by atomic mass is 9.49. The fourth-order valence-corrected chi connectivity index (χ4v) is 6.58. The molecule has 0 aromatic heterocycles. The average Bonchev–Trinajstić information content (AvgIpc) is 2.30. The molecule has 124 valence electrons. The molecule has 0 spiro atoms. The van der Waals surface area contributed by atoms with Gasteiger partial charge in [0.2, 0.25) is 0 Å². The third kappa shape index (κ3) is 3.19. The number of carbonyl (C=O) groups excluding carboxylic acids is 2. The number of halogens is 1. The van der Waals surface area contributed by atoms with Gasteiger partial charge in [-0.25, -0.2) is 0 Å². The van der Waals surface area contributed by atoms with Crippen LogP contribution in [0, 0.1) is 17.3 Å². The SMILES string of the molecule is CC(C)(C)NC(=O)COC(=O)C12CC3CC(CC(Br)(C3)C1)C2. The van der Waals surface area contributed by atoms with Crippen LogP contribution in [0.1, 0.15) is 59.3 Å². The number of hydrogen-bond acceptors (Lipinski definition) is 3. The van der Waals surface area contributed by atoms with Gasteiger partial charge >= 0.3 is 5.97 Å². The summed E-state index contributed by atoms with van der Waals surface area (Å²) in [6.45, 7) is 5.59. The van der Waals surface area contributed by atoms with Crippen LogP contribution in [0.25, 0.3) is 0 Å². The molecule has 0 aromatic rings. The zero-order valence-corrected chi connectivity index (χ0v) is 15.3. The Balaban J connectivity index is 1.62. The maximum Gasteiger partial charge on any atom is 0.312 e. The molecule has 0 radical (unpaired) electrons. The number of rotatable bonds is 3. The van der Waals surface area contributed by atoms with Crippen molar-refractivity contribution in [2.45, 2.75) is 69.2 Å². The Hall–Kier alpha value is -0.580. The first-order chi connectivity index (χ1) is 10.1. The minimum absolute atomic E-state index is 0.129. The number of amides is 1. The van der Waals surface area contributed by atoms with Crippen LogP contribution in [0.3, 0.4) is 0 Å². The summed E-state index contributed by atoms with van der Waals surface area (Å²) in [5.41, 5.74) is -0.653. The summed E-state index contributed by atoms with van der Waals surface area (Å²) in [6, 6.07) is 0. The maximum atomic E-state index is 12.7. The third-order valence-corrected chi connectivity index (χ3v) is 6.20. The second kappa shape index (κ2) is 5.22. The molecule has 4 nitrogen and oxygen atoms in total. The fraction of sp³-hybridized carbons (Fsp3) is 0.882. The molecule has 22 heavy (non-hydrogen) atoms. The van der Waals surface area contributed by atoms with Gasteiger partial charge in [0.1, 0.15) is 0 Å². The van der Waals surface area contributed by atoms with Crippen molar-refractivity contribution in [3.63, 3.8) is 0 Å². The Morgan fingerprint density at radius 3 is 2.27 bits per heavy atom. The van der Waals surface area contributed by atoms with E-state index < -0.39 is 0 Å². The van der Waals surface area contributed by atoms with Gasteiger partial charge < -0.3 is 10.1 Å². The van der Waals surface area contributed by atoms with E-state index in [-0.39, 0.29) is 33.8 Å². The zero-order chi connectivity index (χ0) is 16.2. The van der Waals surface area contributed by atoms with Crippen LogP contribution in [-0.4, -0.2) is 28.3 Å². The number of esters is 1. The Labute approximate surface area is 140 Å². The molecule has 4 aliphatic rings. The normalized spacial score (nSPS) is 39.6. The Kier molecular flexibility index (Phi) is 3.86. The van der Waals surface area contributed by atoms with E-state index in [9.17, 15) is 9.59 Å². The molecule has 0 saturated heterocycles. The Bertz CT molecular complexity index is 483. The highest BCUT2D eigenvalue weighted by molar-refractivity contribution is 9.10.